The molecule has 3 aliphatic rings. The lowest BCUT2D eigenvalue weighted by Gasteiger charge is -2.45. The SMILES string of the molecule is CC1=NN(CCc2ccccc2)C2NC3C(C(=O)N(CCc4ccccc4)C(=O)N3C)N2C1C. The van der Waals surface area contributed by atoms with Crippen molar-refractivity contribution in [1.82, 2.24) is 25.0 Å². The molecule has 34 heavy (non-hydrogen) atoms. The van der Waals surface area contributed by atoms with Gasteiger partial charge in [0.1, 0.15) is 12.2 Å². The molecule has 0 aromatic heterocycles. The predicted molar refractivity (Wildman–Crippen MR) is 131 cm³/mol. The first-order chi connectivity index (χ1) is 16.5. The fraction of sp³-hybridized carbons (Fsp3) is 0.423. The van der Waals surface area contributed by atoms with Crippen molar-refractivity contribution >= 4 is 17.6 Å². The highest BCUT2D eigenvalue weighted by molar-refractivity contribution is 6.01. The fourth-order valence-corrected chi connectivity index (χ4v) is 5.20. The smallest absolute Gasteiger partial charge is 0.310 e. The Morgan fingerprint density at radius 1 is 0.912 bits per heavy atom. The molecule has 178 valence electrons. The summed E-state index contributed by atoms with van der Waals surface area (Å²) in [4.78, 5) is 32.2. The van der Waals surface area contributed by atoms with Gasteiger partial charge in [0.2, 0.25) is 0 Å². The fourth-order valence-electron chi connectivity index (χ4n) is 5.20. The van der Waals surface area contributed by atoms with Crippen LogP contribution in [0.2, 0.25) is 0 Å². The van der Waals surface area contributed by atoms with Crippen molar-refractivity contribution in [3.05, 3.63) is 71.8 Å². The lowest BCUT2D eigenvalue weighted by molar-refractivity contribution is -0.140. The Morgan fingerprint density at radius 3 is 2.12 bits per heavy atom. The molecule has 0 saturated carbocycles. The van der Waals surface area contributed by atoms with Crippen molar-refractivity contribution in [2.45, 2.75) is 51.2 Å². The summed E-state index contributed by atoms with van der Waals surface area (Å²) < 4.78 is 0. The predicted octanol–water partition coefficient (Wildman–Crippen LogP) is 2.33. The van der Waals surface area contributed by atoms with E-state index >= 15 is 0 Å². The van der Waals surface area contributed by atoms with Crippen LogP contribution < -0.4 is 5.32 Å². The molecule has 5 rings (SSSR count). The van der Waals surface area contributed by atoms with E-state index in [0.29, 0.717) is 19.5 Å². The van der Waals surface area contributed by atoms with Gasteiger partial charge in [-0.15, -0.1) is 0 Å². The van der Waals surface area contributed by atoms with E-state index < -0.39 is 6.04 Å². The molecule has 3 heterocycles. The summed E-state index contributed by atoms with van der Waals surface area (Å²) in [5.41, 5.74) is 3.32. The van der Waals surface area contributed by atoms with E-state index in [0.717, 1.165) is 17.7 Å². The van der Waals surface area contributed by atoms with Gasteiger partial charge in [-0.05, 0) is 37.8 Å². The van der Waals surface area contributed by atoms with E-state index in [-0.39, 0.29) is 30.4 Å². The van der Waals surface area contributed by atoms with Crippen LogP contribution in [0.3, 0.4) is 0 Å². The number of urea groups is 1. The number of hydrogen-bond acceptors (Lipinski definition) is 6. The minimum absolute atomic E-state index is 0.0120. The molecule has 8 heteroatoms. The molecule has 0 radical (unpaired) electrons. The summed E-state index contributed by atoms with van der Waals surface area (Å²) >= 11 is 0. The molecule has 2 aromatic rings. The van der Waals surface area contributed by atoms with Gasteiger partial charge >= 0.3 is 6.03 Å². The summed E-state index contributed by atoms with van der Waals surface area (Å²) in [6.07, 6.45) is 0.852. The minimum atomic E-state index is -0.455. The first kappa shape index (κ1) is 22.6. The highest BCUT2D eigenvalue weighted by Crippen LogP contribution is 2.33. The van der Waals surface area contributed by atoms with E-state index in [2.05, 4.69) is 29.3 Å². The number of hydrazone groups is 1. The monoisotopic (exact) mass is 460 g/mol. The van der Waals surface area contributed by atoms with Gasteiger partial charge < -0.3 is 4.90 Å². The van der Waals surface area contributed by atoms with Crippen molar-refractivity contribution in [2.24, 2.45) is 5.10 Å². The number of carbonyl (C=O) groups excluding carboxylic acids is 2. The van der Waals surface area contributed by atoms with Crippen molar-refractivity contribution in [3.63, 3.8) is 0 Å². The van der Waals surface area contributed by atoms with Crippen molar-refractivity contribution in [3.8, 4) is 0 Å². The van der Waals surface area contributed by atoms with Crippen molar-refractivity contribution in [1.29, 1.82) is 0 Å². The Morgan fingerprint density at radius 2 is 1.50 bits per heavy atom. The highest BCUT2D eigenvalue weighted by Gasteiger charge is 2.57. The van der Waals surface area contributed by atoms with Crippen LogP contribution in [0.25, 0.3) is 0 Å². The molecule has 2 aromatic carbocycles. The van der Waals surface area contributed by atoms with E-state index in [4.69, 9.17) is 5.10 Å². The highest BCUT2D eigenvalue weighted by atomic mass is 16.2. The van der Waals surface area contributed by atoms with E-state index in [1.807, 2.05) is 60.5 Å². The van der Waals surface area contributed by atoms with Crippen molar-refractivity contribution < 1.29 is 9.59 Å². The van der Waals surface area contributed by atoms with Crippen LogP contribution in [0.1, 0.15) is 25.0 Å². The molecule has 0 aliphatic carbocycles. The van der Waals surface area contributed by atoms with E-state index in [1.165, 1.54) is 10.5 Å². The number of likely N-dealkylation sites (N-methyl/N-ethyl adjacent to an activating group) is 1. The van der Waals surface area contributed by atoms with Gasteiger partial charge in [-0.1, -0.05) is 60.7 Å². The lowest BCUT2D eigenvalue weighted by Crippen LogP contribution is -2.67. The lowest BCUT2D eigenvalue weighted by atomic mass is 10.0. The molecule has 1 N–H and O–H groups in total. The van der Waals surface area contributed by atoms with Crippen LogP contribution in [-0.2, 0) is 17.6 Å². The van der Waals surface area contributed by atoms with Crippen LogP contribution in [-0.4, -0.2) is 82.0 Å². The Labute approximate surface area is 200 Å². The van der Waals surface area contributed by atoms with Gasteiger partial charge in [0, 0.05) is 20.1 Å². The number of fused-ring (bicyclic) bond motifs is 3. The molecule has 0 spiro atoms. The number of amides is 3. The normalized spacial score (nSPS) is 27.0. The number of nitrogens with one attached hydrogen (secondary N) is 1. The zero-order valence-electron chi connectivity index (χ0n) is 20.0. The summed E-state index contributed by atoms with van der Waals surface area (Å²) in [5.74, 6) is -0.136. The maximum Gasteiger partial charge on any atom is 0.327 e. The summed E-state index contributed by atoms with van der Waals surface area (Å²) in [7, 11) is 1.78. The molecule has 4 unspecified atom stereocenters. The minimum Gasteiger partial charge on any atom is -0.310 e. The number of nitrogens with zero attached hydrogens (tertiary/aromatic N) is 5. The second-order valence-corrected chi connectivity index (χ2v) is 9.31. The first-order valence-electron chi connectivity index (χ1n) is 12.0. The first-order valence-corrected chi connectivity index (χ1v) is 12.0. The second-order valence-electron chi connectivity index (χ2n) is 9.31. The summed E-state index contributed by atoms with van der Waals surface area (Å²) in [6, 6.07) is 19.6. The Balaban J connectivity index is 1.37. The van der Waals surface area contributed by atoms with Crippen LogP contribution in [0.15, 0.2) is 65.8 Å². The third kappa shape index (κ3) is 3.97. The van der Waals surface area contributed by atoms with Gasteiger partial charge in [-0.2, -0.15) is 5.10 Å². The number of imide groups is 1. The number of rotatable bonds is 6. The van der Waals surface area contributed by atoms with Gasteiger partial charge in [-0.25, -0.2) is 9.69 Å². The maximum atomic E-state index is 13.7. The quantitative estimate of drug-likeness (QED) is 0.717. The molecule has 2 fully saturated rings. The Hall–Kier alpha value is -3.23. The van der Waals surface area contributed by atoms with E-state index in [1.54, 1.807) is 11.9 Å². The molecule has 2 saturated heterocycles. The molecule has 4 atom stereocenters. The van der Waals surface area contributed by atoms with E-state index in [9.17, 15) is 9.59 Å². The third-order valence-electron chi connectivity index (χ3n) is 7.25. The number of carbonyl (C=O) groups is 2. The van der Waals surface area contributed by atoms with Crippen LogP contribution in [0.4, 0.5) is 4.79 Å². The van der Waals surface area contributed by atoms with Gasteiger partial charge in [0.25, 0.3) is 5.91 Å². The molecular formula is C26H32N6O2. The number of hydrogen-bond donors (Lipinski definition) is 1. The van der Waals surface area contributed by atoms with Gasteiger partial charge in [0.05, 0.1) is 11.8 Å². The Kier molecular flexibility index (Phi) is 6.10. The largest absolute Gasteiger partial charge is 0.327 e. The molecule has 3 amide bonds. The van der Waals surface area contributed by atoms with Crippen molar-refractivity contribution in [2.75, 3.05) is 20.1 Å². The van der Waals surface area contributed by atoms with Crippen LogP contribution >= 0.6 is 0 Å². The molecule has 8 nitrogen and oxygen atoms in total. The maximum absolute atomic E-state index is 13.7. The van der Waals surface area contributed by atoms with Gasteiger partial charge in [0.15, 0.2) is 6.29 Å². The second kappa shape index (κ2) is 9.19. The average Bonchev–Trinajstić information content (AvgIpc) is 3.27. The summed E-state index contributed by atoms with van der Waals surface area (Å²) in [6.45, 7) is 5.18. The standard InChI is InChI=1S/C26H32N6O2/c1-18-19(2)32-22-23(27-25(32)31(28-18)17-15-21-12-8-5-9-13-21)29(3)26(34)30(24(22)33)16-14-20-10-6-4-7-11-20/h4-13,19,22-23,25,27H,14-17H2,1-3H3. The van der Waals surface area contributed by atoms with Crippen LogP contribution in [0, 0.1) is 0 Å². The molecule has 0 bridgehead atoms. The molecular weight excluding hydrogens is 428 g/mol. The topological polar surface area (TPSA) is 71.5 Å². The summed E-state index contributed by atoms with van der Waals surface area (Å²) in [5, 5.41) is 10.4. The van der Waals surface area contributed by atoms with Gasteiger partial charge in [-0.3, -0.25) is 20.0 Å². The zero-order valence-corrected chi connectivity index (χ0v) is 20.0. The zero-order chi connectivity index (χ0) is 23.8. The number of benzene rings is 2. The van der Waals surface area contributed by atoms with Crippen LogP contribution in [0.5, 0.6) is 0 Å². The molecule has 3 aliphatic heterocycles. The Bertz CT molecular complexity index is 1080. The average molecular weight is 461 g/mol. The third-order valence-corrected chi connectivity index (χ3v) is 7.25.